The number of hydrogen-bond donors (Lipinski definition) is 0. The Kier molecular flexibility index (Phi) is 9.82. The highest BCUT2D eigenvalue weighted by molar-refractivity contribution is 6.14. The van der Waals surface area contributed by atoms with Crippen molar-refractivity contribution >= 4 is 18.4 Å². The molecule has 4 nitrogen and oxygen atoms in total. The largest absolute Gasteiger partial charge is 0.264 e. The summed E-state index contributed by atoms with van der Waals surface area (Å²) in [4.78, 5) is 19.1. The van der Waals surface area contributed by atoms with Crippen LogP contribution in [0.15, 0.2) is 227 Å². The van der Waals surface area contributed by atoms with E-state index < -0.39 is 5.41 Å². The van der Waals surface area contributed by atoms with Gasteiger partial charge >= 0.3 is 0 Å². The summed E-state index contributed by atoms with van der Waals surface area (Å²) in [5.74, 6) is 1.14. The lowest BCUT2D eigenvalue weighted by Gasteiger charge is -2.33. The number of hydrogen-bond acceptors (Lipinski definition) is 2. The summed E-state index contributed by atoms with van der Waals surface area (Å²) in [7, 11) is 0. The van der Waals surface area contributed by atoms with Crippen LogP contribution < -0.4 is 0 Å². The zero-order chi connectivity index (χ0) is 38.4. The van der Waals surface area contributed by atoms with Crippen molar-refractivity contribution < 1.29 is 0 Å². The molecule has 1 atom stereocenters. The van der Waals surface area contributed by atoms with E-state index in [1.54, 1.807) is 0 Å². The van der Waals surface area contributed by atoms with Gasteiger partial charge in [0.05, 0.1) is 12.0 Å². The molecule has 57 heavy (non-hydrogen) atoms. The fraction of sp³-hybridized carbons (Fsp3) is 0.0566. The van der Waals surface area contributed by atoms with Gasteiger partial charge in [0.1, 0.15) is 0 Å². The highest BCUT2D eigenvalue weighted by atomic mass is 15.0. The van der Waals surface area contributed by atoms with Gasteiger partial charge in [-0.1, -0.05) is 176 Å². The van der Waals surface area contributed by atoms with Crippen LogP contribution in [0, 0.1) is 0 Å². The molecular formula is C53H40N4. The Morgan fingerprint density at radius 1 is 0.614 bits per heavy atom. The first kappa shape index (κ1) is 35.4. The highest BCUT2D eigenvalue weighted by Gasteiger charge is 2.46. The van der Waals surface area contributed by atoms with E-state index in [2.05, 4.69) is 181 Å². The number of aromatic nitrogens is 1. The van der Waals surface area contributed by atoms with E-state index in [9.17, 15) is 0 Å². The number of amidine groups is 2. The Morgan fingerprint density at radius 3 is 2.14 bits per heavy atom. The summed E-state index contributed by atoms with van der Waals surface area (Å²) < 4.78 is 0. The quantitative estimate of drug-likeness (QED) is 0.113. The van der Waals surface area contributed by atoms with Gasteiger partial charge in [-0.3, -0.25) is 9.98 Å². The van der Waals surface area contributed by atoms with E-state index in [-0.39, 0.29) is 0 Å². The Balaban J connectivity index is 1.13. The Bertz CT molecular complexity index is 2700. The molecule has 0 amide bonds. The minimum Gasteiger partial charge on any atom is -0.264 e. The topological polar surface area (TPSA) is 50.0 Å². The molecule has 0 saturated heterocycles. The number of benzene rings is 6. The molecule has 2 aliphatic carbocycles. The molecule has 9 rings (SSSR count). The lowest BCUT2D eigenvalue weighted by Crippen LogP contribution is -2.28. The molecular weight excluding hydrogens is 693 g/mol. The van der Waals surface area contributed by atoms with Gasteiger partial charge in [-0.2, -0.15) is 0 Å². The van der Waals surface area contributed by atoms with Crippen LogP contribution in [0.5, 0.6) is 0 Å². The van der Waals surface area contributed by atoms with Crippen molar-refractivity contribution in [2.24, 2.45) is 15.0 Å². The first-order chi connectivity index (χ1) is 28.2. The molecule has 272 valence electrons. The molecule has 0 saturated carbocycles. The van der Waals surface area contributed by atoms with Crippen LogP contribution in [-0.2, 0) is 12.0 Å². The van der Waals surface area contributed by atoms with Crippen LogP contribution in [0.25, 0.3) is 33.4 Å². The van der Waals surface area contributed by atoms with E-state index in [1.807, 2.05) is 42.7 Å². The van der Waals surface area contributed by atoms with Crippen LogP contribution in [0.1, 0.15) is 39.8 Å². The minimum atomic E-state index is -0.515. The summed E-state index contributed by atoms with van der Waals surface area (Å²) >= 11 is 0. The van der Waals surface area contributed by atoms with E-state index >= 15 is 0 Å². The summed E-state index contributed by atoms with van der Waals surface area (Å²) in [6.07, 6.45) is 15.2. The van der Waals surface area contributed by atoms with Crippen molar-refractivity contribution in [1.82, 2.24) is 4.98 Å². The van der Waals surface area contributed by atoms with Gasteiger partial charge in [-0.15, -0.1) is 0 Å². The van der Waals surface area contributed by atoms with Crippen molar-refractivity contribution in [2.75, 3.05) is 0 Å². The van der Waals surface area contributed by atoms with Crippen LogP contribution in [-0.4, -0.2) is 23.4 Å². The third-order valence-electron chi connectivity index (χ3n) is 10.9. The second kappa shape index (κ2) is 15.8. The molecule has 7 aromatic rings. The lowest BCUT2D eigenvalue weighted by molar-refractivity contribution is 0.763. The number of nitrogens with zero attached hydrogens (tertiary/aromatic N) is 4. The van der Waals surface area contributed by atoms with Crippen LogP contribution >= 0.6 is 0 Å². The minimum absolute atomic E-state index is 0.508. The fourth-order valence-corrected chi connectivity index (χ4v) is 8.30. The van der Waals surface area contributed by atoms with Crippen LogP contribution in [0.4, 0.5) is 0 Å². The Morgan fingerprint density at radius 2 is 1.32 bits per heavy atom. The maximum Gasteiger partial charge on any atom is 0.161 e. The molecule has 1 heterocycles. The maximum absolute atomic E-state index is 5.05. The number of pyridine rings is 1. The second-order valence-electron chi connectivity index (χ2n) is 14.2. The van der Waals surface area contributed by atoms with Gasteiger partial charge in [0, 0.05) is 23.5 Å². The highest BCUT2D eigenvalue weighted by Crippen LogP contribution is 2.58. The smallest absolute Gasteiger partial charge is 0.161 e. The molecule has 1 unspecified atom stereocenters. The summed E-state index contributed by atoms with van der Waals surface area (Å²) in [6.45, 7) is 4.45. The first-order valence-electron chi connectivity index (χ1n) is 19.3. The van der Waals surface area contributed by atoms with Gasteiger partial charge < -0.3 is 0 Å². The maximum atomic E-state index is 5.05. The molecule has 0 spiro atoms. The zero-order valence-corrected chi connectivity index (χ0v) is 31.5. The molecule has 6 aromatic carbocycles. The summed E-state index contributed by atoms with van der Waals surface area (Å²) in [5.41, 5.74) is 14.3. The predicted octanol–water partition coefficient (Wildman–Crippen LogP) is 12.3. The SMILES string of the molecule is C=NC(=NC(=NCc1ccccc1)C1=CC=CCC=C1)c1cccc(-c2cccc(-c3cccc4c3-c3ccccc3C4(c3ccccc3)c3cccnc3)c2)c1. The average molecular weight is 733 g/mol. The van der Waals surface area contributed by atoms with Gasteiger partial charge in [-0.25, -0.2) is 9.98 Å². The third-order valence-corrected chi connectivity index (χ3v) is 10.9. The van der Waals surface area contributed by atoms with Crippen molar-refractivity contribution in [3.05, 3.63) is 246 Å². The van der Waals surface area contributed by atoms with Gasteiger partial charge in [0.15, 0.2) is 11.7 Å². The molecule has 0 fully saturated rings. The van der Waals surface area contributed by atoms with Crippen molar-refractivity contribution in [2.45, 2.75) is 18.4 Å². The molecule has 0 radical (unpaired) electrons. The second-order valence-corrected chi connectivity index (χ2v) is 14.2. The number of rotatable bonds is 8. The van der Waals surface area contributed by atoms with Crippen LogP contribution in [0.2, 0.25) is 0 Å². The lowest BCUT2D eigenvalue weighted by atomic mass is 9.68. The number of aliphatic imine (C=N–C) groups is 3. The molecule has 4 heteroatoms. The Hall–Kier alpha value is -7.30. The molecule has 0 bridgehead atoms. The van der Waals surface area contributed by atoms with Gasteiger partial charge in [-0.05, 0) is 92.5 Å². The van der Waals surface area contributed by atoms with Crippen molar-refractivity contribution in [3.8, 4) is 33.4 Å². The fourth-order valence-electron chi connectivity index (χ4n) is 8.30. The van der Waals surface area contributed by atoms with E-state index in [0.29, 0.717) is 18.2 Å². The van der Waals surface area contributed by atoms with Crippen molar-refractivity contribution in [3.63, 3.8) is 0 Å². The first-order valence-corrected chi connectivity index (χ1v) is 19.3. The van der Waals surface area contributed by atoms with E-state index in [0.717, 1.165) is 45.4 Å². The van der Waals surface area contributed by atoms with Crippen molar-refractivity contribution in [1.29, 1.82) is 0 Å². The monoisotopic (exact) mass is 732 g/mol. The predicted molar refractivity (Wildman–Crippen MR) is 237 cm³/mol. The molecule has 0 N–H and O–H groups in total. The summed E-state index contributed by atoms with van der Waals surface area (Å²) in [6, 6.07) is 58.1. The summed E-state index contributed by atoms with van der Waals surface area (Å²) in [5, 5.41) is 0. The van der Waals surface area contributed by atoms with Gasteiger partial charge in [0.2, 0.25) is 0 Å². The zero-order valence-electron chi connectivity index (χ0n) is 31.5. The van der Waals surface area contributed by atoms with Gasteiger partial charge in [0.25, 0.3) is 0 Å². The Labute approximate surface area is 334 Å². The average Bonchev–Trinajstić information content (AvgIpc) is 3.38. The molecule has 2 aliphatic rings. The third kappa shape index (κ3) is 6.72. The molecule has 0 aliphatic heterocycles. The van der Waals surface area contributed by atoms with E-state index in [1.165, 1.54) is 33.4 Å². The van der Waals surface area contributed by atoms with E-state index in [4.69, 9.17) is 9.98 Å². The number of allylic oxidation sites excluding steroid dienone is 4. The van der Waals surface area contributed by atoms with Crippen LogP contribution in [0.3, 0.4) is 0 Å². The normalized spacial score (nSPS) is 16.0. The standard InChI is InChI=1S/C53H40N4/c1-54-51(57-52(39-20-8-2-3-9-21-39)56-36-38-18-6-4-7-19-38)43-25-15-23-41(35-43)40-22-14-24-42(34-40)46-30-16-32-49-50(46)47-29-12-13-31-48(47)53(49,44-26-10-5-11-27-44)45-28-17-33-55-37-45/h2,4-35,37H,1,3,36H2. The number of fused-ring (bicyclic) bond motifs is 3. The molecule has 1 aromatic heterocycles.